The number of benzene rings is 1. The molecule has 0 spiro atoms. The summed E-state index contributed by atoms with van der Waals surface area (Å²) in [5, 5.41) is 12.1. The molecule has 0 saturated heterocycles. The molecule has 0 aromatic heterocycles. The van der Waals surface area contributed by atoms with Crippen molar-refractivity contribution in [2.24, 2.45) is 0 Å². The number of halogens is 2. The highest BCUT2D eigenvalue weighted by Crippen LogP contribution is 2.22. The van der Waals surface area contributed by atoms with E-state index in [1.165, 1.54) is 0 Å². The van der Waals surface area contributed by atoms with Gasteiger partial charge in [0, 0.05) is 22.3 Å². The van der Waals surface area contributed by atoms with Crippen LogP contribution in [0.3, 0.4) is 0 Å². The fourth-order valence-corrected chi connectivity index (χ4v) is 2.44. The predicted molar refractivity (Wildman–Crippen MR) is 88.3 cm³/mol. The molecule has 0 aliphatic rings. The largest absolute Gasteiger partial charge is 0.480 e. The van der Waals surface area contributed by atoms with Crippen molar-refractivity contribution in [2.75, 3.05) is 6.61 Å². The van der Waals surface area contributed by atoms with Crippen LogP contribution in [-0.2, 0) is 25.5 Å². The lowest BCUT2D eigenvalue weighted by Gasteiger charge is -2.15. The number of hydrogen-bond donors (Lipinski definition) is 2. The molecule has 0 bridgehead atoms. The second kappa shape index (κ2) is 9.52. The number of amides is 1. The summed E-state index contributed by atoms with van der Waals surface area (Å²) >= 11 is 9.21. The molecule has 2 N–H and O–H groups in total. The first kappa shape index (κ1) is 19.4. The summed E-state index contributed by atoms with van der Waals surface area (Å²) in [7, 11) is 0. The highest BCUT2D eigenvalue weighted by atomic mass is 79.9. The molecule has 0 heterocycles. The van der Waals surface area contributed by atoms with Gasteiger partial charge in [-0.25, -0.2) is 4.79 Å². The van der Waals surface area contributed by atoms with Crippen molar-refractivity contribution >= 4 is 45.4 Å². The maximum Gasteiger partial charge on any atom is 0.326 e. The van der Waals surface area contributed by atoms with E-state index in [2.05, 4.69) is 21.2 Å². The van der Waals surface area contributed by atoms with Gasteiger partial charge in [0.05, 0.1) is 13.0 Å². The highest BCUT2D eigenvalue weighted by molar-refractivity contribution is 9.10. The Morgan fingerprint density at radius 3 is 2.65 bits per heavy atom. The molecule has 0 aliphatic carbocycles. The van der Waals surface area contributed by atoms with E-state index in [-0.39, 0.29) is 25.9 Å². The Kier molecular flexibility index (Phi) is 8.05. The van der Waals surface area contributed by atoms with Crippen LogP contribution in [0.1, 0.15) is 25.3 Å². The van der Waals surface area contributed by atoms with E-state index in [1.807, 2.05) is 0 Å². The van der Waals surface area contributed by atoms with Crippen LogP contribution in [0.5, 0.6) is 0 Å². The smallest absolute Gasteiger partial charge is 0.326 e. The van der Waals surface area contributed by atoms with Gasteiger partial charge >= 0.3 is 11.9 Å². The number of rotatable bonds is 8. The Morgan fingerprint density at radius 1 is 1.35 bits per heavy atom. The van der Waals surface area contributed by atoms with Gasteiger partial charge in [-0.1, -0.05) is 27.5 Å². The number of carboxylic acids is 1. The van der Waals surface area contributed by atoms with Crippen molar-refractivity contribution in [2.45, 2.75) is 32.2 Å². The van der Waals surface area contributed by atoms with Crippen molar-refractivity contribution < 1.29 is 24.2 Å². The number of esters is 1. The Morgan fingerprint density at radius 2 is 2.04 bits per heavy atom. The lowest BCUT2D eigenvalue weighted by atomic mass is 10.1. The standard InChI is InChI=1S/C15H17BrClNO5/c1-2-23-14(20)6-5-13(19)18-12(15(21)22)8-9-7-10(17)3-4-11(9)16/h3-4,7,12H,2,5-6,8H2,1H3,(H,18,19)(H,21,22)/t12-/m0/s1. The summed E-state index contributed by atoms with van der Waals surface area (Å²) < 4.78 is 5.42. The molecule has 1 amide bonds. The quantitative estimate of drug-likeness (QED) is 0.647. The van der Waals surface area contributed by atoms with Gasteiger partial charge in [0.15, 0.2) is 0 Å². The molecule has 0 unspecified atom stereocenters. The number of hydrogen-bond acceptors (Lipinski definition) is 4. The number of carbonyl (C=O) groups is 3. The molecule has 1 aromatic carbocycles. The second-order valence-electron chi connectivity index (χ2n) is 4.70. The van der Waals surface area contributed by atoms with Crippen molar-refractivity contribution in [3.05, 3.63) is 33.3 Å². The topological polar surface area (TPSA) is 92.7 Å². The summed E-state index contributed by atoms with van der Waals surface area (Å²) in [6.07, 6.45) is -0.145. The zero-order chi connectivity index (χ0) is 17.4. The summed E-state index contributed by atoms with van der Waals surface area (Å²) in [5.41, 5.74) is 0.663. The summed E-state index contributed by atoms with van der Waals surface area (Å²) in [6, 6.07) is 3.90. The molecule has 0 aliphatic heterocycles. The van der Waals surface area contributed by atoms with Crippen LogP contribution in [-0.4, -0.2) is 35.6 Å². The Hall–Kier alpha value is -1.60. The predicted octanol–water partition coefficient (Wildman–Crippen LogP) is 2.56. The summed E-state index contributed by atoms with van der Waals surface area (Å²) in [5.74, 6) is -2.18. The van der Waals surface area contributed by atoms with Gasteiger partial charge in [-0.3, -0.25) is 9.59 Å². The Balaban J connectivity index is 2.65. The minimum Gasteiger partial charge on any atom is -0.480 e. The van der Waals surface area contributed by atoms with Gasteiger partial charge in [0.2, 0.25) is 5.91 Å². The van der Waals surface area contributed by atoms with Gasteiger partial charge in [-0.05, 0) is 30.7 Å². The van der Waals surface area contributed by atoms with E-state index in [1.54, 1.807) is 25.1 Å². The summed E-state index contributed by atoms with van der Waals surface area (Å²) in [6.45, 7) is 1.91. The monoisotopic (exact) mass is 405 g/mol. The van der Waals surface area contributed by atoms with Crippen molar-refractivity contribution in [1.29, 1.82) is 0 Å². The zero-order valence-corrected chi connectivity index (χ0v) is 14.8. The number of carboxylic acid groups (broad SMARTS) is 1. The molecule has 126 valence electrons. The van der Waals surface area contributed by atoms with E-state index in [0.29, 0.717) is 15.1 Å². The fraction of sp³-hybridized carbons (Fsp3) is 0.400. The number of aliphatic carboxylic acids is 1. The molecule has 8 heteroatoms. The van der Waals surface area contributed by atoms with Crippen LogP contribution in [0.4, 0.5) is 0 Å². The van der Waals surface area contributed by atoms with Crippen molar-refractivity contribution in [1.82, 2.24) is 5.32 Å². The van der Waals surface area contributed by atoms with E-state index < -0.39 is 23.9 Å². The van der Waals surface area contributed by atoms with Gasteiger partial charge in [-0.2, -0.15) is 0 Å². The molecule has 0 radical (unpaired) electrons. The molecule has 0 fully saturated rings. The van der Waals surface area contributed by atoms with Crippen LogP contribution >= 0.6 is 27.5 Å². The van der Waals surface area contributed by atoms with E-state index in [4.69, 9.17) is 16.3 Å². The number of ether oxygens (including phenoxy) is 1. The van der Waals surface area contributed by atoms with Gasteiger partial charge in [0.1, 0.15) is 6.04 Å². The van der Waals surface area contributed by atoms with Gasteiger partial charge in [0.25, 0.3) is 0 Å². The molecule has 1 atom stereocenters. The maximum absolute atomic E-state index is 11.8. The normalized spacial score (nSPS) is 11.6. The minimum atomic E-state index is -1.17. The van der Waals surface area contributed by atoms with Gasteiger partial charge < -0.3 is 15.2 Å². The average Bonchev–Trinajstić information content (AvgIpc) is 2.48. The van der Waals surface area contributed by atoms with E-state index in [9.17, 15) is 19.5 Å². The van der Waals surface area contributed by atoms with Crippen LogP contribution in [0.25, 0.3) is 0 Å². The molecule has 1 aromatic rings. The van der Waals surface area contributed by atoms with Crippen LogP contribution in [0, 0.1) is 0 Å². The molecule has 0 saturated carbocycles. The molecular weight excluding hydrogens is 390 g/mol. The van der Waals surface area contributed by atoms with Crippen LogP contribution in [0.15, 0.2) is 22.7 Å². The lowest BCUT2D eigenvalue weighted by Crippen LogP contribution is -2.42. The van der Waals surface area contributed by atoms with E-state index >= 15 is 0 Å². The minimum absolute atomic E-state index is 0.0711. The van der Waals surface area contributed by atoms with Crippen molar-refractivity contribution in [3.8, 4) is 0 Å². The maximum atomic E-state index is 11.8. The second-order valence-corrected chi connectivity index (χ2v) is 5.99. The zero-order valence-electron chi connectivity index (χ0n) is 12.5. The van der Waals surface area contributed by atoms with Crippen LogP contribution in [0.2, 0.25) is 5.02 Å². The molecule has 6 nitrogen and oxygen atoms in total. The number of nitrogens with one attached hydrogen (secondary N) is 1. The third kappa shape index (κ3) is 7.00. The highest BCUT2D eigenvalue weighted by Gasteiger charge is 2.22. The average molecular weight is 407 g/mol. The molecular formula is C15H17BrClNO5. The third-order valence-corrected chi connectivity index (χ3v) is 3.94. The first-order valence-electron chi connectivity index (χ1n) is 6.95. The lowest BCUT2D eigenvalue weighted by molar-refractivity contribution is -0.144. The Bertz CT molecular complexity index is 593. The first-order valence-corrected chi connectivity index (χ1v) is 8.12. The summed E-state index contributed by atoms with van der Waals surface area (Å²) in [4.78, 5) is 34.3. The first-order chi connectivity index (χ1) is 10.8. The number of carbonyl (C=O) groups excluding carboxylic acids is 2. The SMILES string of the molecule is CCOC(=O)CCC(=O)N[C@@H](Cc1cc(Cl)ccc1Br)C(=O)O. The fourth-order valence-electron chi connectivity index (χ4n) is 1.83. The third-order valence-electron chi connectivity index (χ3n) is 2.93. The molecule has 23 heavy (non-hydrogen) atoms. The Labute approximate surface area is 147 Å². The van der Waals surface area contributed by atoms with E-state index in [0.717, 1.165) is 0 Å². The molecule has 1 rings (SSSR count). The van der Waals surface area contributed by atoms with Gasteiger partial charge in [-0.15, -0.1) is 0 Å². The van der Waals surface area contributed by atoms with Crippen LogP contribution < -0.4 is 5.32 Å². The van der Waals surface area contributed by atoms with Crippen molar-refractivity contribution in [3.63, 3.8) is 0 Å².